The van der Waals surface area contributed by atoms with Gasteiger partial charge < -0.3 is 5.32 Å². The highest BCUT2D eigenvalue weighted by atomic mass is 32.2. The molecule has 80 valence electrons. The van der Waals surface area contributed by atoms with Crippen LogP contribution >= 0.6 is 11.8 Å². The molecule has 1 N–H and O–H groups in total. The summed E-state index contributed by atoms with van der Waals surface area (Å²) < 4.78 is 0. The van der Waals surface area contributed by atoms with E-state index in [2.05, 4.69) is 18.3 Å². The van der Waals surface area contributed by atoms with Crippen molar-refractivity contribution in [2.24, 2.45) is 5.92 Å². The maximum atomic E-state index is 9.22. The van der Waals surface area contributed by atoms with Crippen LogP contribution in [0.5, 0.6) is 0 Å². The molecule has 3 heteroatoms. The Hall–Kier alpha value is -0.200. The summed E-state index contributed by atoms with van der Waals surface area (Å²) in [5.41, 5.74) is -0.214. The number of hydrogen-bond donors (Lipinski definition) is 1. The fourth-order valence-corrected chi connectivity index (χ4v) is 3.11. The van der Waals surface area contributed by atoms with E-state index in [1.54, 1.807) is 0 Å². The van der Waals surface area contributed by atoms with Crippen molar-refractivity contribution in [1.29, 1.82) is 5.26 Å². The predicted octanol–water partition coefficient (Wildman–Crippen LogP) is 2.41. The summed E-state index contributed by atoms with van der Waals surface area (Å²) in [4.78, 5) is 0. The van der Waals surface area contributed by atoms with Crippen LogP contribution in [0.25, 0.3) is 0 Å². The van der Waals surface area contributed by atoms with Crippen LogP contribution in [0.3, 0.4) is 0 Å². The van der Waals surface area contributed by atoms with E-state index in [0.29, 0.717) is 5.92 Å². The number of nitrogens with one attached hydrogen (secondary N) is 1. The van der Waals surface area contributed by atoms with Gasteiger partial charge in [-0.15, -0.1) is 0 Å². The average Bonchev–Trinajstić information content (AvgIpc) is 2.62. The summed E-state index contributed by atoms with van der Waals surface area (Å²) in [6.45, 7) is 2.19. The fourth-order valence-electron chi connectivity index (χ4n) is 2.37. The maximum Gasteiger partial charge on any atom is 0.109 e. The summed E-state index contributed by atoms with van der Waals surface area (Å²) in [6.07, 6.45) is 4.64. The molecule has 2 atom stereocenters. The first-order valence-electron chi connectivity index (χ1n) is 5.47. The van der Waals surface area contributed by atoms with Crippen LogP contribution in [0.15, 0.2) is 0 Å². The first kappa shape index (κ1) is 11.9. The van der Waals surface area contributed by atoms with Crippen LogP contribution in [0.1, 0.15) is 32.6 Å². The average molecular weight is 212 g/mol. The molecule has 14 heavy (non-hydrogen) atoms. The van der Waals surface area contributed by atoms with Crippen molar-refractivity contribution in [3.8, 4) is 6.07 Å². The van der Waals surface area contributed by atoms with Gasteiger partial charge in [0.05, 0.1) is 6.07 Å². The molecule has 0 spiro atoms. The van der Waals surface area contributed by atoms with Crippen LogP contribution < -0.4 is 5.32 Å². The van der Waals surface area contributed by atoms with Gasteiger partial charge in [0.25, 0.3) is 0 Å². The van der Waals surface area contributed by atoms with Crippen molar-refractivity contribution in [3.05, 3.63) is 0 Å². The molecule has 0 amide bonds. The van der Waals surface area contributed by atoms with Crippen molar-refractivity contribution in [1.82, 2.24) is 5.32 Å². The number of nitriles is 1. The van der Waals surface area contributed by atoms with Crippen molar-refractivity contribution in [2.45, 2.75) is 38.1 Å². The van der Waals surface area contributed by atoms with Crippen LogP contribution in [0, 0.1) is 17.2 Å². The molecule has 1 aliphatic carbocycles. The first-order chi connectivity index (χ1) is 6.79. The molecule has 0 aliphatic heterocycles. The third-order valence-electron chi connectivity index (χ3n) is 3.28. The maximum absolute atomic E-state index is 9.22. The predicted molar refractivity (Wildman–Crippen MR) is 62.4 cm³/mol. The Morgan fingerprint density at radius 2 is 2.43 bits per heavy atom. The number of hydrogen-bond acceptors (Lipinski definition) is 3. The van der Waals surface area contributed by atoms with Gasteiger partial charge in [-0.3, -0.25) is 0 Å². The van der Waals surface area contributed by atoms with Gasteiger partial charge in [-0.1, -0.05) is 13.3 Å². The monoisotopic (exact) mass is 212 g/mol. The summed E-state index contributed by atoms with van der Waals surface area (Å²) in [5.74, 6) is 2.95. The highest BCUT2D eigenvalue weighted by molar-refractivity contribution is 7.99. The summed E-state index contributed by atoms with van der Waals surface area (Å²) >= 11 is 1.98. The molecule has 2 unspecified atom stereocenters. The Morgan fingerprint density at radius 3 is 3.00 bits per heavy atom. The van der Waals surface area contributed by atoms with E-state index >= 15 is 0 Å². The highest BCUT2D eigenvalue weighted by Crippen LogP contribution is 2.37. The lowest BCUT2D eigenvalue weighted by Crippen LogP contribution is -2.44. The van der Waals surface area contributed by atoms with Gasteiger partial charge in [0.1, 0.15) is 5.54 Å². The van der Waals surface area contributed by atoms with Gasteiger partial charge in [0.2, 0.25) is 0 Å². The molecule has 0 saturated heterocycles. The Bertz CT molecular complexity index is 212. The van der Waals surface area contributed by atoms with E-state index in [0.717, 1.165) is 6.42 Å². The van der Waals surface area contributed by atoms with Crippen molar-refractivity contribution < 1.29 is 0 Å². The normalized spacial score (nSPS) is 31.6. The molecular weight excluding hydrogens is 192 g/mol. The lowest BCUT2D eigenvalue weighted by Gasteiger charge is -2.28. The molecule has 0 bridgehead atoms. The zero-order chi connectivity index (χ0) is 10.4. The number of rotatable bonds is 5. The topological polar surface area (TPSA) is 35.8 Å². The second-order valence-corrected chi connectivity index (χ2v) is 5.30. The lowest BCUT2D eigenvalue weighted by molar-refractivity contribution is 0.332. The van der Waals surface area contributed by atoms with Crippen molar-refractivity contribution in [3.63, 3.8) is 0 Å². The van der Waals surface area contributed by atoms with E-state index in [1.165, 1.54) is 30.8 Å². The van der Waals surface area contributed by atoms with Gasteiger partial charge in [-0.25, -0.2) is 0 Å². The number of thioether (sulfide) groups is 1. The smallest absolute Gasteiger partial charge is 0.109 e. The summed E-state index contributed by atoms with van der Waals surface area (Å²) in [5, 5.41) is 12.5. The van der Waals surface area contributed by atoms with Crippen molar-refractivity contribution in [2.75, 3.05) is 18.6 Å². The summed E-state index contributed by atoms with van der Waals surface area (Å²) in [7, 11) is 1.93. The third kappa shape index (κ3) is 2.43. The van der Waals surface area contributed by atoms with E-state index in [1.807, 2.05) is 18.8 Å². The lowest BCUT2D eigenvalue weighted by atomic mass is 9.87. The molecule has 0 aromatic carbocycles. The largest absolute Gasteiger partial charge is 0.302 e. The van der Waals surface area contributed by atoms with Crippen LogP contribution in [-0.4, -0.2) is 24.1 Å². The van der Waals surface area contributed by atoms with Crippen LogP contribution in [-0.2, 0) is 0 Å². The van der Waals surface area contributed by atoms with Gasteiger partial charge in [-0.05, 0) is 43.7 Å². The second kappa shape index (κ2) is 5.63. The van der Waals surface area contributed by atoms with E-state index in [9.17, 15) is 5.26 Å². The molecule has 1 rings (SSSR count). The number of nitrogens with zero attached hydrogens (tertiary/aromatic N) is 1. The Morgan fingerprint density at radius 1 is 1.64 bits per heavy atom. The molecule has 1 fully saturated rings. The standard InChI is InChI=1S/C11H20N2S/c1-3-14-8-6-10-5-4-7-11(10,9-12)13-2/h10,13H,3-8H2,1-2H3. The van der Waals surface area contributed by atoms with E-state index in [-0.39, 0.29) is 5.54 Å². The minimum atomic E-state index is -0.214. The van der Waals surface area contributed by atoms with E-state index < -0.39 is 0 Å². The molecular formula is C11H20N2S. The van der Waals surface area contributed by atoms with Gasteiger partial charge in [0, 0.05) is 0 Å². The summed E-state index contributed by atoms with van der Waals surface area (Å²) in [6, 6.07) is 2.48. The molecule has 0 aromatic rings. The van der Waals surface area contributed by atoms with Gasteiger partial charge >= 0.3 is 0 Å². The molecule has 0 radical (unpaired) electrons. The highest BCUT2D eigenvalue weighted by Gasteiger charge is 2.41. The van der Waals surface area contributed by atoms with Gasteiger partial charge in [0.15, 0.2) is 0 Å². The third-order valence-corrected chi connectivity index (χ3v) is 4.21. The van der Waals surface area contributed by atoms with Crippen molar-refractivity contribution >= 4 is 11.8 Å². The first-order valence-corrected chi connectivity index (χ1v) is 6.62. The van der Waals surface area contributed by atoms with Crippen LogP contribution in [0.2, 0.25) is 0 Å². The zero-order valence-corrected chi connectivity index (χ0v) is 9.99. The quantitative estimate of drug-likeness (QED) is 0.711. The van der Waals surface area contributed by atoms with E-state index in [4.69, 9.17) is 0 Å². The molecule has 0 heterocycles. The van der Waals surface area contributed by atoms with Crippen LogP contribution in [0.4, 0.5) is 0 Å². The Labute approximate surface area is 91.4 Å². The SMILES string of the molecule is CCSCCC1CCCC1(C#N)NC. The fraction of sp³-hybridized carbons (Fsp3) is 0.909. The second-order valence-electron chi connectivity index (χ2n) is 3.91. The van der Waals surface area contributed by atoms with Gasteiger partial charge in [-0.2, -0.15) is 17.0 Å². The minimum absolute atomic E-state index is 0.214. The molecule has 0 aromatic heterocycles. The minimum Gasteiger partial charge on any atom is -0.302 e. The zero-order valence-electron chi connectivity index (χ0n) is 9.18. The molecule has 1 saturated carbocycles. The Kier molecular flexibility index (Phi) is 4.77. The molecule has 1 aliphatic rings. The Balaban J connectivity index is 2.46. The molecule has 2 nitrogen and oxygen atoms in total.